The smallest absolute Gasteiger partial charge is 0.303 e. The van der Waals surface area contributed by atoms with Gasteiger partial charge in [-0.05, 0) is 27.7 Å². The number of carbonyl (C=O) groups excluding carboxylic acids is 2. The topological polar surface area (TPSA) is 71.1 Å². The monoisotopic (exact) mass is 288 g/mol. The second-order valence-corrected chi connectivity index (χ2v) is 5.96. The molecule has 0 aromatic carbocycles. The van der Waals surface area contributed by atoms with Gasteiger partial charge in [0.05, 0.1) is 11.7 Å². The van der Waals surface area contributed by atoms with Crippen molar-refractivity contribution in [2.24, 2.45) is 0 Å². The quantitative estimate of drug-likeness (QED) is 0.737. The van der Waals surface area contributed by atoms with Gasteiger partial charge in [0.1, 0.15) is 6.10 Å². The SMILES string of the molecule is CC(=O)O[C@H]1[C@H](C)O[C@@H](OC(C)(C)C)C[C@@H]1OC(C)=O. The molecule has 1 saturated heterocycles. The Balaban J connectivity index is 2.79. The molecule has 1 aliphatic heterocycles. The van der Waals surface area contributed by atoms with Crippen molar-refractivity contribution in [3.05, 3.63) is 0 Å². The summed E-state index contributed by atoms with van der Waals surface area (Å²) < 4.78 is 21.9. The summed E-state index contributed by atoms with van der Waals surface area (Å²) in [6.07, 6.45) is -1.76. The van der Waals surface area contributed by atoms with E-state index in [-0.39, 0.29) is 5.60 Å². The van der Waals surface area contributed by atoms with E-state index in [2.05, 4.69) is 0 Å². The highest BCUT2D eigenvalue weighted by molar-refractivity contribution is 5.67. The molecule has 1 aliphatic rings. The first kappa shape index (κ1) is 16.9. The van der Waals surface area contributed by atoms with Crippen LogP contribution in [-0.2, 0) is 28.5 Å². The van der Waals surface area contributed by atoms with E-state index >= 15 is 0 Å². The van der Waals surface area contributed by atoms with Crippen molar-refractivity contribution >= 4 is 11.9 Å². The van der Waals surface area contributed by atoms with Crippen molar-refractivity contribution in [3.63, 3.8) is 0 Å². The zero-order valence-electron chi connectivity index (χ0n) is 13.0. The van der Waals surface area contributed by atoms with Gasteiger partial charge in [0.15, 0.2) is 12.4 Å². The fraction of sp³-hybridized carbons (Fsp3) is 0.857. The molecule has 1 heterocycles. The zero-order valence-corrected chi connectivity index (χ0v) is 13.0. The predicted octanol–water partition coefficient (Wildman–Crippen LogP) is 1.80. The summed E-state index contributed by atoms with van der Waals surface area (Å²) in [5.41, 5.74) is -0.376. The van der Waals surface area contributed by atoms with Gasteiger partial charge in [0.25, 0.3) is 0 Å². The van der Waals surface area contributed by atoms with Crippen LogP contribution in [0.2, 0.25) is 0 Å². The second kappa shape index (κ2) is 6.54. The summed E-state index contributed by atoms with van der Waals surface area (Å²) >= 11 is 0. The number of rotatable bonds is 3. The van der Waals surface area contributed by atoms with Crippen LogP contribution in [0.1, 0.15) is 48.0 Å². The average Bonchev–Trinajstić information content (AvgIpc) is 2.19. The molecule has 0 radical (unpaired) electrons. The van der Waals surface area contributed by atoms with Crippen molar-refractivity contribution < 1.29 is 28.5 Å². The van der Waals surface area contributed by atoms with Crippen molar-refractivity contribution in [2.75, 3.05) is 0 Å². The molecule has 6 nitrogen and oxygen atoms in total. The molecule has 116 valence electrons. The first-order valence-electron chi connectivity index (χ1n) is 6.76. The van der Waals surface area contributed by atoms with Crippen LogP contribution in [0.25, 0.3) is 0 Å². The Morgan fingerprint density at radius 1 is 1.10 bits per heavy atom. The van der Waals surface area contributed by atoms with Gasteiger partial charge in [-0.15, -0.1) is 0 Å². The van der Waals surface area contributed by atoms with Gasteiger partial charge < -0.3 is 18.9 Å². The zero-order chi connectivity index (χ0) is 15.5. The maximum Gasteiger partial charge on any atom is 0.303 e. The Morgan fingerprint density at radius 3 is 2.10 bits per heavy atom. The fourth-order valence-electron chi connectivity index (χ4n) is 2.16. The molecule has 0 spiro atoms. The van der Waals surface area contributed by atoms with Crippen molar-refractivity contribution in [3.8, 4) is 0 Å². The summed E-state index contributed by atoms with van der Waals surface area (Å²) in [5, 5.41) is 0. The van der Waals surface area contributed by atoms with Crippen LogP contribution in [-0.4, -0.2) is 42.1 Å². The molecule has 0 aromatic rings. The fourth-order valence-corrected chi connectivity index (χ4v) is 2.16. The van der Waals surface area contributed by atoms with E-state index in [1.807, 2.05) is 20.8 Å². The molecule has 0 N–H and O–H groups in total. The minimum absolute atomic E-state index is 0.332. The van der Waals surface area contributed by atoms with Crippen LogP contribution in [0.3, 0.4) is 0 Å². The number of carbonyl (C=O) groups is 2. The van der Waals surface area contributed by atoms with Gasteiger partial charge in [-0.25, -0.2) is 0 Å². The third-order valence-corrected chi connectivity index (χ3v) is 2.72. The van der Waals surface area contributed by atoms with Gasteiger partial charge >= 0.3 is 11.9 Å². The Morgan fingerprint density at radius 2 is 1.65 bits per heavy atom. The third kappa shape index (κ3) is 5.46. The lowest BCUT2D eigenvalue weighted by Crippen LogP contribution is -2.52. The lowest BCUT2D eigenvalue weighted by molar-refractivity contribution is -0.277. The number of hydrogen-bond acceptors (Lipinski definition) is 6. The number of hydrogen-bond donors (Lipinski definition) is 0. The summed E-state index contributed by atoms with van der Waals surface area (Å²) in [7, 11) is 0. The summed E-state index contributed by atoms with van der Waals surface area (Å²) in [6.45, 7) is 10.2. The number of esters is 2. The van der Waals surface area contributed by atoms with Crippen LogP contribution in [0.5, 0.6) is 0 Å². The normalized spacial score (nSPS) is 30.7. The van der Waals surface area contributed by atoms with Gasteiger partial charge in [0.2, 0.25) is 0 Å². The number of ether oxygens (including phenoxy) is 4. The highest BCUT2D eigenvalue weighted by Crippen LogP contribution is 2.28. The predicted molar refractivity (Wildman–Crippen MR) is 70.9 cm³/mol. The van der Waals surface area contributed by atoms with E-state index < -0.39 is 36.5 Å². The molecule has 0 amide bonds. The summed E-state index contributed by atoms with van der Waals surface area (Å²) in [5.74, 6) is -0.853. The third-order valence-electron chi connectivity index (χ3n) is 2.72. The molecule has 1 fully saturated rings. The first-order chi connectivity index (χ1) is 9.08. The molecule has 6 heteroatoms. The summed E-state index contributed by atoms with van der Waals surface area (Å²) in [6, 6.07) is 0. The maximum atomic E-state index is 11.2. The van der Waals surface area contributed by atoms with Gasteiger partial charge in [-0.3, -0.25) is 9.59 Å². The molecular formula is C14H24O6. The van der Waals surface area contributed by atoms with Crippen molar-refractivity contribution in [2.45, 2.75) is 78.2 Å². The molecule has 0 saturated carbocycles. The highest BCUT2D eigenvalue weighted by atomic mass is 16.7. The lowest BCUT2D eigenvalue weighted by Gasteiger charge is -2.40. The highest BCUT2D eigenvalue weighted by Gasteiger charge is 2.42. The minimum Gasteiger partial charge on any atom is -0.458 e. The Bertz CT molecular complexity index is 359. The maximum absolute atomic E-state index is 11.2. The molecule has 0 bridgehead atoms. The average molecular weight is 288 g/mol. The van der Waals surface area contributed by atoms with Crippen LogP contribution >= 0.6 is 0 Å². The molecule has 0 aromatic heterocycles. The Labute approximate surface area is 119 Å². The van der Waals surface area contributed by atoms with Crippen molar-refractivity contribution in [1.29, 1.82) is 0 Å². The molecule has 0 unspecified atom stereocenters. The van der Waals surface area contributed by atoms with Crippen LogP contribution in [0.4, 0.5) is 0 Å². The van der Waals surface area contributed by atoms with E-state index in [1.54, 1.807) is 6.92 Å². The summed E-state index contributed by atoms with van der Waals surface area (Å²) in [4.78, 5) is 22.3. The Hall–Kier alpha value is -1.14. The van der Waals surface area contributed by atoms with Gasteiger partial charge in [-0.1, -0.05) is 0 Å². The van der Waals surface area contributed by atoms with Gasteiger partial charge in [-0.2, -0.15) is 0 Å². The van der Waals surface area contributed by atoms with E-state index in [0.717, 1.165) is 0 Å². The first-order valence-corrected chi connectivity index (χ1v) is 6.76. The van der Waals surface area contributed by atoms with E-state index in [4.69, 9.17) is 18.9 Å². The van der Waals surface area contributed by atoms with E-state index in [1.165, 1.54) is 13.8 Å². The molecular weight excluding hydrogens is 264 g/mol. The van der Waals surface area contributed by atoms with Crippen molar-refractivity contribution in [1.82, 2.24) is 0 Å². The van der Waals surface area contributed by atoms with E-state index in [9.17, 15) is 9.59 Å². The Kier molecular flexibility index (Phi) is 5.53. The van der Waals surface area contributed by atoms with E-state index in [0.29, 0.717) is 6.42 Å². The molecule has 1 rings (SSSR count). The van der Waals surface area contributed by atoms with Crippen LogP contribution in [0, 0.1) is 0 Å². The minimum atomic E-state index is -0.615. The van der Waals surface area contributed by atoms with Crippen LogP contribution < -0.4 is 0 Å². The largest absolute Gasteiger partial charge is 0.458 e. The molecule has 0 aliphatic carbocycles. The molecule has 20 heavy (non-hydrogen) atoms. The lowest BCUT2D eigenvalue weighted by atomic mass is 10.0. The second-order valence-electron chi connectivity index (χ2n) is 5.96. The molecule has 4 atom stereocenters. The van der Waals surface area contributed by atoms with Crippen LogP contribution in [0.15, 0.2) is 0 Å². The van der Waals surface area contributed by atoms with Gasteiger partial charge in [0, 0.05) is 20.3 Å². The standard InChI is InChI=1S/C14H24O6/c1-8-13(19-10(3)16)11(18-9(2)15)7-12(17-8)20-14(4,5)6/h8,11-13H,7H2,1-6H3/t8-,11-,12-,13-/m0/s1.